The summed E-state index contributed by atoms with van der Waals surface area (Å²) in [6, 6.07) is 7.24. The normalized spacial score (nSPS) is 12.1. The van der Waals surface area contributed by atoms with Crippen LogP contribution in [0.2, 0.25) is 0 Å². The Labute approximate surface area is 114 Å². The van der Waals surface area contributed by atoms with Gasteiger partial charge in [-0.05, 0) is 31.2 Å². The molecule has 0 unspecified atom stereocenters. The van der Waals surface area contributed by atoms with Gasteiger partial charge >= 0.3 is 0 Å². The fourth-order valence-electron chi connectivity index (χ4n) is 1.32. The number of nitrogens with zero attached hydrogens (tertiary/aromatic N) is 2. The van der Waals surface area contributed by atoms with E-state index in [1.807, 2.05) is 12.1 Å². The van der Waals surface area contributed by atoms with Crippen LogP contribution in [0, 0.1) is 0 Å². The van der Waals surface area contributed by atoms with Crippen molar-refractivity contribution in [2.24, 2.45) is 5.73 Å². The van der Waals surface area contributed by atoms with Crippen LogP contribution in [-0.2, 0) is 4.79 Å². The van der Waals surface area contributed by atoms with Crippen molar-refractivity contribution >= 4 is 17.7 Å². The van der Waals surface area contributed by atoms with Crippen molar-refractivity contribution in [3.8, 4) is 17.2 Å². The molecule has 0 fully saturated rings. The molecule has 2 N–H and O–H groups in total. The SMILES string of the molecule is COc1ccc(-c2nnc(S[C@@H](C)C(N)=O)o2)cc1. The zero-order chi connectivity index (χ0) is 13.8. The Bertz CT molecular complexity index is 568. The maximum atomic E-state index is 10.9. The van der Waals surface area contributed by atoms with Gasteiger partial charge < -0.3 is 14.9 Å². The van der Waals surface area contributed by atoms with E-state index in [-0.39, 0.29) is 0 Å². The molecule has 0 saturated carbocycles. The zero-order valence-corrected chi connectivity index (χ0v) is 11.3. The number of benzene rings is 1. The van der Waals surface area contributed by atoms with Crippen LogP contribution >= 0.6 is 11.8 Å². The van der Waals surface area contributed by atoms with Gasteiger partial charge in [-0.1, -0.05) is 11.8 Å². The minimum atomic E-state index is -0.422. The molecule has 0 spiro atoms. The second-order valence-corrected chi connectivity index (χ2v) is 5.06. The van der Waals surface area contributed by atoms with Crippen LogP contribution in [0.4, 0.5) is 0 Å². The third kappa shape index (κ3) is 3.25. The van der Waals surface area contributed by atoms with Gasteiger partial charge in [-0.15, -0.1) is 10.2 Å². The summed E-state index contributed by atoms with van der Waals surface area (Å²) in [5, 5.41) is 7.69. The first kappa shape index (κ1) is 13.4. The Balaban J connectivity index is 2.13. The lowest BCUT2D eigenvalue weighted by atomic mass is 10.2. The third-order valence-electron chi connectivity index (χ3n) is 2.42. The van der Waals surface area contributed by atoms with Gasteiger partial charge in [0.25, 0.3) is 5.22 Å². The quantitative estimate of drug-likeness (QED) is 0.838. The summed E-state index contributed by atoms with van der Waals surface area (Å²) in [6.07, 6.45) is 0. The summed E-state index contributed by atoms with van der Waals surface area (Å²) >= 11 is 1.14. The molecule has 2 rings (SSSR count). The number of amides is 1. The number of nitrogens with two attached hydrogens (primary N) is 1. The van der Waals surface area contributed by atoms with Crippen molar-refractivity contribution < 1.29 is 13.9 Å². The molecule has 0 aliphatic rings. The second kappa shape index (κ2) is 5.75. The zero-order valence-electron chi connectivity index (χ0n) is 10.5. The molecule has 1 aromatic carbocycles. The van der Waals surface area contributed by atoms with E-state index in [9.17, 15) is 4.79 Å². The Kier molecular flexibility index (Phi) is 4.06. The number of ether oxygens (including phenoxy) is 1. The number of carbonyl (C=O) groups is 1. The molecule has 1 atom stereocenters. The van der Waals surface area contributed by atoms with Crippen molar-refractivity contribution in [2.75, 3.05) is 7.11 Å². The van der Waals surface area contributed by atoms with Crippen LogP contribution in [0.5, 0.6) is 5.75 Å². The Morgan fingerprint density at radius 2 is 2.05 bits per heavy atom. The lowest BCUT2D eigenvalue weighted by Gasteiger charge is -2.01. The van der Waals surface area contributed by atoms with E-state index in [2.05, 4.69) is 10.2 Å². The molecule has 1 aromatic heterocycles. The van der Waals surface area contributed by atoms with Crippen molar-refractivity contribution in [1.82, 2.24) is 10.2 Å². The number of rotatable bonds is 5. The van der Waals surface area contributed by atoms with E-state index >= 15 is 0 Å². The first-order chi connectivity index (χ1) is 9.10. The minimum absolute atomic E-state index is 0.317. The van der Waals surface area contributed by atoms with E-state index < -0.39 is 11.2 Å². The minimum Gasteiger partial charge on any atom is -0.497 e. The highest BCUT2D eigenvalue weighted by Crippen LogP contribution is 2.26. The second-order valence-electron chi connectivity index (χ2n) is 3.76. The van der Waals surface area contributed by atoms with Gasteiger partial charge in [-0.2, -0.15) is 0 Å². The smallest absolute Gasteiger partial charge is 0.277 e. The molecule has 0 radical (unpaired) electrons. The van der Waals surface area contributed by atoms with Crippen LogP contribution in [0.15, 0.2) is 33.9 Å². The van der Waals surface area contributed by atoms with Gasteiger partial charge in [-0.25, -0.2) is 0 Å². The summed E-state index contributed by atoms with van der Waals surface area (Å²) in [7, 11) is 1.60. The summed E-state index contributed by atoms with van der Waals surface area (Å²) in [5.41, 5.74) is 5.95. The third-order valence-corrected chi connectivity index (χ3v) is 3.37. The number of methoxy groups -OCH3 is 1. The highest BCUT2D eigenvalue weighted by molar-refractivity contribution is 8.00. The number of thioether (sulfide) groups is 1. The van der Waals surface area contributed by atoms with Gasteiger partial charge in [-0.3, -0.25) is 4.79 Å². The van der Waals surface area contributed by atoms with Crippen LogP contribution in [0.25, 0.3) is 11.5 Å². The van der Waals surface area contributed by atoms with Crippen molar-refractivity contribution in [2.45, 2.75) is 17.4 Å². The van der Waals surface area contributed by atoms with Gasteiger partial charge in [0.05, 0.1) is 12.4 Å². The van der Waals surface area contributed by atoms with E-state index in [4.69, 9.17) is 14.9 Å². The first-order valence-corrected chi connectivity index (χ1v) is 6.42. The molecule has 7 heteroatoms. The summed E-state index contributed by atoms with van der Waals surface area (Å²) in [5.74, 6) is 0.719. The molecule has 0 aliphatic heterocycles. The van der Waals surface area contributed by atoms with Crippen LogP contribution in [0.3, 0.4) is 0 Å². The molecule has 2 aromatic rings. The van der Waals surface area contributed by atoms with E-state index in [0.717, 1.165) is 23.1 Å². The van der Waals surface area contributed by atoms with Crippen molar-refractivity contribution in [3.05, 3.63) is 24.3 Å². The summed E-state index contributed by atoms with van der Waals surface area (Å²) < 4.78 is 10.5. The topological polar surface area (TPSA) is 91.2 Å². The molecular weight excluding hydrogens is 266 g/mol. The van der Waals surface area contributed by atoms with Gasteiger partial charge in [0, 0.05) is 5.56 Å². The van der Waals surface area contributed by atoms with E-state index in [1.54, 1.807) is 26.2 Å². The highest BCUT2D eigenvalue weighted by atomic mass is 32.2. The molecular formula is C12H13N3O3S. The maximum Gasteiger partial charge on any atom is 0.277 e. The number of carbonyl (C=O) groups excluding carboxylic acids is 1. The number of hydrogen-bond donors (Lipinski definition) is 1. The molecule has 19 heavy (non-hydrogen) atoms. The number of aromatic nitrogens is 2. The number of primary amides is 1. The van der Waals surface area contributed by atoms with Crippen LogP contribution in [0.1, 0.15) is 6.92 Å². The Hall–Kier alpha value is -2.02. The largest absolute Gasteiger partial charge is 0.497 e. The summed E-state index contributed by atoms with van der Waals surface area (Å²) in [6.45, 7) is 1.68. The highest BCUT2D eigenvalue weighted by Gasteiger charge is 2.16. The van der Waals surface area contributed by atoms with Crippen LogP contribution < -0.4 is 10.5 Å². The monoisotopic (exact) mass is 279 g/mol. The van der Waals surface area contributed by atoms with Gasteiger partial charge in [0.1, 0.15) is 5.75 Å². The predicted molar refractivity (Wildman–Crippen MR) is 70.8 cm³/mol. The van der Waals surface area contributed by atoms with E-state index in [0.29, 0.717) is 11.1 Å². The fourth-order valence-corrected chi connectivity index (χ4v) is 1.95. The molecule has 1 heterocycles. The Morgan fingerprint density at radius 1 is 1.37 bits per heavy atom. The molecule has 100 valence electrons. The summed E-state index contributed by atoms with van der Waals surface area (Å²) in [4.78, 5) is 10.9. The fraction of sp³-hybridized carbons (Fsp3) is 0.250. The molecule has 0 saturated heterocycles. The first-order valence-electron chi connectivity index (χ1n) is 5.54. The Morgan fingerprint density at radius 3 is 2.63 bits per heavy atom. The van der Waals surface area contributed by atoms with E-state index in [1.165, 1.54) is 0 Å². The predicted octanol–water partition coefficient (Wildman–Crippen LogP) is 1.71. The standard InChI is InChI=1S/C12H13N3O3S/c1-7(10(13)16)19-12-15-14-11(18-12)8-3-5-9(17-2)6-4-8/h3-7H,1-2H3,(H2,13,16)/t7-/m0/s1. The van der Waals surface area contributed by atoms with Gasteiger partial charge in [0.2, 0.25) is 11.8 Å². The van der Waals surface area contributed by atoms with Crippen molar-refractivity contribution in [1.29, 1.82) is 0 Å². The molecule has 1 amide bonds. The number of hydrogen-bond acceptors (Lipinski definition) is 6. The van der Waals surface area contributed by atoms with Crippen molar-refractivity contribution in [3.63, 3.8) is 0 Å². The lowest BCUT2D eigenvalue weighted by molar-refractivity contribution is -0.117. The average molecular weight is 279 g/mol. The molecule has 0 bridgehead atoms. The molecule has 0 aliphatic carbocycles. The maximum absolute atomic E-state index is 10.9. The molecule has 6 nitrogen and oxygen atoms in total. The van der Waals surface area contributed by atoms with Crippen LogP contribution in [-0.4, -0.2) is 28.5 Å². The lowest BCUT2D eigenvalue weighted by Crippen LogP contribution is -2.22. The average Bonchev–Trinajstić information content (AvgIpc) is 2.87. The van der Waals surface area contributed by atoms with Gasteiger partial charge in [0.15, 0.2) is 0 Å².